The van der Waals surface area contributed by atoms with E-state index in [2.05, 4.69) is 15.6 Å². The molecule has 1 aliphatic rings. The van der Waals surface area contributed by atoms with Crippen LogP contribution >= 0.6 is 0 Å². The first-order valence-electron chi connectivity index (χ1n) is 6.31. The Labute approximate surface area is 121 Å². The van der Waals surface area contributed by atoms with Gasteiger partial charge in [-0.25, -0.2) is 17.8 Å². The molecule has 0 spiro atoms. The predicted molar refractivity (Wildman–Crippen MR) is 73.0 cm³/mol. The molecule has 0 unspecified atom stereocenters. The second kappa shape index (κ2) is 5.26. The van der Waals surface area contributed by atoms with Crippen molar-refractivity contribution in [1.29, 1.82) is 0 Å². The van der Waals surface area contributed by atoms with E-state index in [0.29, 0.717) is 0 Å². The lowest BCUT2D eigenvalue weighted by atomic mass is 10.2. The van der Waals surface area contributed by atoms with E-state index >= 15 is 0 Å². The molecule has 8 nitrogen and oxygen atoms in total. The van der Waals surface area contributed by atoms with Crippen molar-refractivity contribution in [2.45, 2.75) is 10.9 Å². The van der Waals surface area contributed by atoms with Gasteiger partial charge < -0.3 is 5.32 Å². The van der Waals surface area contributed by atoms with Crippen molar-refractivity contribution in [3.63, 3.8) is 0 Å². The van der Waals surface area contributed by atoms with Gasteiger partial charge in [0.15, 0.2) is 5.69 Å². The largest absolute Gasteiger partial charge is 0.312 e. The number of carbonyl (C=O) groups is 1. The van der Waals surface area contributed by atoms with E-state index in [1.165, 1.54) is 18.3 Å². The number of amides is 1. The van der Waals surface area contributed by atoms with Crippen LogP contribution in [0.25, 0.3) is 0 Å². The SMILES string of the molecule is O=C(NS(=O)(=O)c1ccccc1)c1cn(C2CNC2)nn1. The number of nitrogens with zero attached hydrogens (tertiary/aromatic N) is 3. The normalized spacial score (nSPS) is 15.4. The molecule has 0 saturated carbocycles. The topological polar surface area (TPSA) is 106 Å². The van der Waals surface area contributed by atoms with E-state index in [1.54, 1.807) is 22.9 Å². The molecular formula is C12H13N5O3S. The van der Waals surface area contributed by atoms with Crippen LogP contribution in [-0.4, -0.2) is 42.4 Å². The van der Waals surface area contributed by atoms with Crippen LogP contribution in [0.3, 0.4) is 0 Å². The van der Waals surface area contributed by atoms with Gasteiger partial charge in [-0.3, -0.25) is 4.79 Å². The molecule has 1 aliphatic heterocycles. The first kappa shape index (κ1) is 13.7. The van der Waals surface area contributed by atoms with Crippen LogP contribution in [-0.2, 0) is 10.0 Å². The number of aromatic nitrogens is 3. The minimum Gasteiger partial charge on any atom is -0.312 e. The highest BCUT2D eigenvalue weighted by Gasteiger charge is 2.24. The van der Waals surface area contributed by atoms with E-state index in [9.17, 15) is 13.2 Å². The second-order valence-corrected chi connectivity index (χ2v) is 6.33. The first-order chi connectivity index (χ1) is 10.1. The zero-order chi connectivity index (χ0) is 14.9. The quantitative estimate of drug-likeness (QED) is 0.792. The fraction of sp³-hybridized carbons (Fsp3) is 0.250. The van der Waals surface area contributed by atoms with Gasteiger partial charge in [0, 0.05) is 13.1 Å². The molecule has 0 bridgehead atoms. The summed E-state index contributed by atoms with van der Waals surface area (Å²) in [6, 6.07) is 7.83. The third-order valence-corrected chi connectivity index (χ3v) is 4.50. The van der Waals surface area contributed by atoms with Gasteiger partial charge in [0.2, 0.25) is 0 Å². The molecule has 2 N–H and O–H groups in total. The molecule has 21 heavy (non-hydrogen) atoms. The zero-order valence-electron chi connectivity index (χ0n) is 10.9. The van der Waals surface area contributed by atoms with Gasteiger partial charge >= 0.3 is 0 Å². The molecule has 1 saturated heterocycles. The van der Waals surface area contributed by atoms with Gasteiger partial charge in [-0.15, -0.1) is 5.10 Å². The molecule has 0 atom stereocenters. The summed E-state index contributed by atoms with van der Waals surface area (Å²) in [5, 5.41) is 10.6. The Morgan fingerprint density at radius 3 is 2.62 bits per heavy atom. The minimum absolute atomic E-state index is 0.0222. The van der Waals surface area contributed by atoms with Crippen molar-refractivity contribution in [2.24, 2.45) is 0 Å². The standard InChI is InChI=1S/C12H13N5O3S/c18-12(11-8-17(16-14-11)9-6-13-7-9)15-21(19,20)10-4-2-1-3-5-10/h1-5,8-9,13H,6-7H2,(H,15,18). The summed E-state index contributed by atoms with van der Waals surface area (Å²) in [6.07, 6.45) is 1.45. The molecule has 9 heteroatoms. The van der Waals surface area contributed by atoms with Crippen LogP contribution < -0.4 is 10.0 Å². The van der Waals surface area contributed by atoms with Crippen molar-refractivity contribution < 1.29 is 13.2 Å². The van der Waals surface area contributed by atoms with Crippen LogP contribution in [0, 0.1) is 0 Å². The number of carbonyl (C=O) groups excluding carboxylic acids is 1. The number of hydrogen-bond acceptors (Lipinski definition) is 6. The van der Waals surface area contributed by atoms with Crippen molar-refractivity contribution >= 4 is 15.9 Å². The van der Waals surface area contributed by atoms with E-state index in [1.807, 2.05) is 4.72 Å². The van der Waals surface area contributed by atoms with Gasteiger partial charge in [0.05, 0.1) is 17.1 Å². The van der Waals surface area contributed by atoms with Gasteiger partial charge in [0.1, 0.15) is 0 Å². The molecule has 0 aliphatic carbocycles. The summed E-state index contributed by atoms with van der Waals surface area (Å²) in [6.45, 7) is 1.51. The lowest BCUT2D eigenvalue weighted by molar-refractivity contribution is 0.0976. The van der Waals surface area contributed by atoms with Gasteiger partial charge in [-0.1, -0.05) is 23.4 Å². The fourth-order valence-electron chi connectivity index (χ4n) is 1.85. The highest BCUT2D eigenvalue weighted by Crippen LogP contribution is 2.11. The Balaban J connectivity index is 1.75. The maximum absolute atomic E-state index is 12.0. The van der Waals surface area contributed by atoms with Crippen LogP contribution in [0.15, 0.2) is 41.4 Å². The molecule has 1 aromatic heterocycles. The van der Waals surface area contributed by atoms with E-state index < -0.39 is 15.9 Å². The average molecular weight is 307 g/mol. The summed E-state index contributed by atoms with van der Waals surface area (Å²) in [5.74, 6) is -0.794. The summed E-state index contributed by atoms with van der Waals surface area (Å²) in [5.41, 5.74) is -0.0265. The minimum atomic E-state index is -3.90. The second-order valence-electron chi connectivity index (χ2n) is 4.64. The van der Waals surface area contributed by atoms with E-state index in [4.69, 9.17) is 0 Å². The monoisotopic (exact) mass is 307 g/mol. The number of hydrogen-bond donors (Lipinski definition) is 2. The summed E-state index contributed by atoms with van der Waals surface area (Å²) in [7, 11) is -3.90. The maximum atomic E-state index is 12.0. The fourth-order valence-corrected chi connectivity index (χ4v) is 2.83. The van der Waals surface area contributed by atoms with Crippen molar-refractivity contribution in [2.75, 3.05) is 13.1 Å². The smallest absolute Gasteiger partial charge is 0.287 e. The number of nitrogens with one attached hydrogen (secondary N) is 2. The van der Waals surface area contributed by atoms with Crippen molar-refractivity contribution in [1.82, 2.24) is 25.0 Å². The average Bonchev–Trinajstić information content (AvgIpc) is 2.87. The molecule has 2 aromatic rings. The van der Waals surface area contributed by atoms with Crippen LogP contribution in [0.4, 0.5) is 0 Å². The predicted octanol–water partition coefficient (Wildman–Crippen LogP) is -0.459. The van der Waals surface area contributed by atoms with Crippen LogP contribution in [0.1, 0.15) is 16.5 Å². The molecule has 1 aromatic carbocycles. The third kappa shape index (κ3) is 2.78. The number of sulfonamides is 1. The van der Waals surface area contributed by atoms with Gasteiger partial charge in [0.25, 0.3) is 15.9 Å². The van der Waals surface area contributed by atoms with E-state index in [0.717, 1.165) is 13.1 Å². The molecule has 2 heterocycles. The maximum Gasteiger partial charge on any atom is 0.287 e. The Hall–Kier alpha value is -2.26. The summed E-state index contributed by atoms with van der Waals surface area (Å²) >= 11 is 0. The summed E-state index contributed by atoms with van der Waals surface area (Å²) in [4.78, 5) is 12.0. The van der Waals surface area contributed by atoms with Crippen molar-refractivity contribution in [3.8, 4) is 0 Å². The van der Waals surface area contributed by atoms with Gasteiger partial charge in [-0.2, -0.15) is 0 Å². The Bertz CT molecular complexity index is 752. The molecular weight excluding hydrogens is 294 g/mol. The molecule has 0 radical (unpaired) electrons. The number of rotatable bonds is 4. The zero-order valence-corrected chi connectivity index (χ0v) is 11.7. The molecule has 1 fully saturated rings. The number of benzene rings is 1. The highest BCUT2D eigenvalue weighted by molar-refractivity contribution is 7.90. The molecule has 1 amide bonds. The van der Waals surface area contributed by atoms with Crippen LogP contribution in [0.2, 0.25) is 0 Å². The Kier molecular flexibility index (Phi) is 3.43. The van der Waals surface area contributed by atoms with Crippen LogP contribution in [0.5, 0.6) is 0 Å². The van der Waals surface area contributed by atoms with Gasteiger partial charge in [-0.05, 0) is 12.1 Å². The highest BCUT2D eigenvalue weighted by atomic mass is 32.2. The van der Waals surface area contributed by atoms with Crippen molar-refractivity contribution in [3.05, 3.63) is 42.2 Å². The lowest BCUT2D eigenvalue weighted by Gasteiger charge is -2.26. The molecule has 110 valence electrons. The molecule has 3 rings (SSSR count). The summed E-state index contributed by atoms with van der Waals surface area (Å²) < 4.78 is 27.6. The Morgan fingerprint density at radius 2 is 2.00 bits per heavy atom. The van der Waals surface area contributed by atoms with E-state index in [-0.39, 0.29) is 16.6 Å². The lowest BCUT2D eigenvalue weighted by Crippen LogP contribution is -2.43. The first-order valence-corrected chi connectivity index (χ1v) is 7.79. The Morgan fingerprint density at radius 1 is 1.29 bits per heavy atom. The third-order valence-electron chi connectivity index (χ3n) is 3.16.